The second-order valence-electron chi connectivity index (χ2n) is 4.96. The van der Waals surface area contributed by atoms with Crippen LogP contribution in [0.3, 0.4) is 0 Å². The summed E-state index contributed by atoms with van der Waals surface area (Å²) in [5, 5.41) is 11.2. The number of ether oxygens (including phenoxy) is 1. The maximum absolute atomic E-state index is 12.8. The lowest BCUT2D eigenvalue weighted by molar-refractivity contribution is 0.399. The highest BCUT2D eigenvalue weighted by molar-refractivity contribution is 14.2. The molecule has 0 radical (unpaired) electrons. The lowest BCUT2D eigenvalue weighted by atomic mass is 10.2. The van der Waals surface area contributed by atoms with Gasteiger partial charge in [-0.2, -0.15) is 4.68 Å². The maximum atomic E-state index is 12.8. The van der Waals surface area contributed by atoms with Gasteiger partial charge in [-0.15, -0.1) is 16.4 Å². The Morgan fingerprint density at radius 1 is 1.40 bits per heavy atom. The third kappa shape index (κ3) is 3.86. The molecule has 3 N–H and O–H groups in total. The van der Waals surface area contributed by atoms with Crippen LogP contribution >= 0.6 is 41.8 Å². The Hall–Kier alpha value is -1.50. The van der Waals surface area contributed by atoms with Crippen molar-refractivity contribution < 1.29 is 8.92 Å². The van der Waals surface area contributed by atoms with Crippen LogP contribution in [0.25, 0.3) is 16.5 Å². The van der Waals surface area contributed by atoms with Crippen molar-refractivity contribution in [3.05, 3.63) is 40.0 Å². The maximum Gasteiger partial charge on any atom is 0.282 e. The number of nitrogen functional groups attached to an aromatic ring is 1. The van der Waals surface area contributed by atoms with Gasteiger partial charge in [0.25, 0.3) is 5.56 Å². The summed E-state index contributed by atoms with van der Waals surface area (Å²) in [7, 11) is 2.87. The number of halogens is 1. The first-order valence-corrected chi connectivity index (χ1v) is 11.4. The Labute approximate surface area is 164 Å². The Bertz CT molecular complexity index is 927. The lowest BCUT2D eigenvalue weighted by Crippen LogP contribution is -2.23. The monoisotopic (exact) mass is 490 g/mol. The van der Waals surface area contributed by atoms with Crippen molar-refractivity contribution in [2.24, 2.45) is 0 Å². The molecule has 0 saturated carbocycles. The van der Waals surface area contributed by atoms with Gasteiger partial charge in [0.1, 0.15) is 5.75 Å². The number of benzene rings is 1. The topological polar surface area (TPSA) is 91.4 Å². The molecule has 2 aromatic heterocycles. The van der Waals surface area contributed by atoms with E-state index in [4.69, 9.17) is 14.7 Å². The molecule has 0 aliphatic rings. The van der Waals surface area contributed by atoms with Gasteiger partial charge in [-0.05, 0) is 24.3 Å². The molecular weight excluding hydrogens is 475 g/mol. The number of aromatic nitrogens is 2. The van der Waals surface area contributed by atoms with Crippen LogP contribution < -0.4 is 21.3 Å². The van der Waals surface area contributed by atoms with Gasteiger partial charge in [0.15, 0.2) is 5.82 Å². The summed E-state index contributed by atoms with van der Waals surface area (Å²) in [6.45, 7) is 1.08. The van der Waals surface area contributed by atoms with Gasteiger partial charge in [0, 0.05) is 38.5 Å². The van der Waals surface area contributed by atoms with E-state index in [1.54, 1.807) is 31.4 Å². The molecule has 2 heterocycles. The minimum atomic E-state index is -0.247. The van der Waals surface area contributed by atoms with Gasteiger partial charge >= 0.3 is 0 Å². The Morgan fingerprint density at radius 2 is 2.16 bits per heavy atom. The molecule has 0 fully saturated rings. The molecule has 3 aromatic rings. The van der Waals surface area contributed by atoms with Crippen molar-refractivity contribution in [1.82, 2.24) is 9.78 Å². The Kier molecular flexibility index (Phi) is 6.04. The zero-order valence-corrected chi connectivity index (χ0v) is 17.0. The summed E-state index contributed by atoms with van der Waals surface area (Å²) in [5.41, 5.74) is 6.41. The van der Waals surface area contributed by atoms with E-state index in [2.05, 4.69) is 31.6 Å². The quantitative estimate of drug-likeness (QED) is 0.298. The first kappa shape index (κ1) is 18.3. The summed E-state index contributed by atoms with van der Waals surface area (Å²) in [6.07, 6.45) is 0. The number of fused-ring (bicyclic) bond motifs is 1. The second-order valence-corrected chi connectivity index (χ2v) is 7.32. The van der Waals surface area contributed by atoms with Crippen LogP contribution in [0.2, 0.25) is 0 Å². The molecule has 0 aliphatic carbocycles. The Balaban J connectivity index is 2.06. The van der Waals surface area contributed by atoms with Crippen LogP contribution in [-0.2, 0) is 4.18 Å². The van der Waals surface area contributed by atoms with Gasteiger partial charge in [0.05, 0.1) is 39.0 Å². The fourth-order valence-corrected chi connectivity index (χ4v) is 3.82. The number of hydrogen-bond donors (Lipinski definition) is 2. The predicted octanol–water partition coefficient (Wildman–Crippen LogP) is 3.46. The average Bonchev–Trinajstić information content (AvgIpc) is 3.03. The van der Waals surface area contributed by atoms with Crippen molar-refractivity contribution in [2.45, 2.75) is 0 Å². The third-order valence-electron chi connectivity index (χ3n) is 3.52. The van der Waals surface area contributed by atoms with E-state index in [-0.39, 0.29) is 5.56 Å². The highest BCUT2D eigenvalue weighted by atomic mass is 127. The molecule has 0 bridgehead atoms. The van der Waals surface area contributed by atoms with Crippen LogP contribution in [0, 0.1) is 0 Å². The molecule has 0 aliphatic heterocycles. The highest BCUT2D eigenvalue weighted by Gasteiger charge is 2.16. The normalized spacial score (nSPS) is 11.0. The third-order valence-corrected chi connectivity index (χ3v) is 5.35. The molecule has 3 rings (SSSR count). The molecule has 0 saturated heterocycles. The molecule has 7 nitrogen and oxygen atoms in total. The number of nitrogens with one attached hydrogen (secondary N) is 1. The molecule has 0 amide bonds. The van der Waals surface area contributed by atoms with Crippen LogP contribution in [0.1, 0.15) is 0 Å². The molecule has 0 spiro atoms. The van der Waals surface area contributed by atoms with Crippen molar-refractivity contribution in [2.75, 3.05) is 31.3 Å². The fraction of sp³-hybridized carbons (Fsp3) is 0.200. The van der Waals surface area contributed by atoms with Gasteiger partial charge in [-0.25, -0.2) is 0 Å². The molecule has 0 atom stereocenters. The van der Waals surface area contributed by atoms with Crippen molar-refractivity contribution >= 4 is 63.3 Å². The smallest absolute Gasteiger partial charge is 0.282 e. The van der Waals surface area contributed by atoms with E-state index in [1.807, 2.05) is 5.38 Å². The number of thiophene rings is 1. The van der Waals surface area contributed by atoms with Gasteiger partial charge in [-0.1, -0.05) is 0 Å². The lowest BCUT2D eigenvalue weighted by Gasteiger charge is -2.11. The summed E-state index contributed by atoms with van der Waals surface area (Å²) < 4.78 is 11.8. The number of anilines is 2. The molecule has 10 heteroatoms. The standard InChI is InChI=1S/C15H15IN4O3S2/c1-22-10-4-2-9(3-5-10)20-15(21)12-11(8-24-13(12)17)14(19-20)18-6-7-23-25-16/h2-5,8H,6-7,17H2,1H3,(H,18,19). The zero-order valence-electron chi connectivity index (χ0n) is 13.2. The second kappa shape index (κ2) is 8.25. The number of nitrogens with zero attached hydrogens (tertiary/aromatic N) is 2. The molecule has 1 aromatic carbocycles. The molecule has 0 unspecified atom stereocenters. The molecule has 25 heavy (non-hydrogen) atoms. The van der Waals surface area contributed by atoms with Crippen molar-refractivity contribution in [3.8, 4) is 11.4 Å². The molecule has 132 valence electrons. The van der Waals surface area contributed by atoms with E-state index >= 15 is 0 Å². The van der Waals surface area contributed by atoms with E-state index in [0.717, 1.165) is 5.39 Å². The first-order valence-electron chi connectivity index (χ1n) is 7.24. The van der Waals surface area contributed by atoms with Crippen LogP contribution in [-0.4, -0.2) is 30.0 Å². The van der Waals surface area contributed by atoms with Crippen molar-refractivity contribution in [1.29, 1.82) is 0 Å². The summed E-state index contributed by atoms with van der Waals surface area (Å²) in [5.74, 6) is 1.31. The number of nitrogens with two attached hydrogens (primary N) is 1. The minimum absolute atomic E-state index is 0.247. The molecular formula is C15H15IN4O3S2. The fourth-order valence-electron chi connectivity index (χ4n) is 2.34. The summed E-state index contributed by atoms with van der Waals surface area (Å²) in [4.78, 5) is 12.8. The van der Waals surface area contributed by atoms with Gasteiger partial charge in [-0.3, -0.25) is 4.79 Å². The van der Waals surface area contributed by atoms with E-state index in [9.17, 15) is 4.79 Å². The zero-order chi connectivity index (χ0) is 17.8. The number of hydrogen-bond acceptors (Lipinski definition) is 8. The summed E-state index contributed by atoms with van der Waals surface area (Å²) >= 11 is 3.39. The highest BCUT2D eigenvalue weighted by Crippen LogP contribution is 2.30. The first-order chi connectivity index (χ1) is 12.2. The number of methoxy groups -OCH3 is 1. The van der Waals surface area contributed by atoms with Crippen LogP contribution in [0.4, 0.5) is 10.8 Å². The Morgan fingerprint density at radius 3 is 2.84 bits per heavy atom. The van der Waals surface area contributed by atoms with Crippen LogP contribution in [0.5, 0.6) is 5.75 Å². The summed E-state index contributed by atoms with van der Waals surface area (Å²) in [6, 6.07) is 7.12. The van der Waals surface area contributed by atoms with E-state index in [0.29, 0.717) is 40.8 Å². The number of rotatable bonds is 7. The largest absolute Gasteiger partial charge is 0.497 e. The predicted molar refractivity (Wildman–Crippen MR) is 112 cm³/mol. The van der Waals surface area contributed by atoms with Crippen LogP contribution in [0.15, 0.2) is 34.4 Å². The van der Waals surface area contributed by atoms with Gasteiger partial charge in [0.2, 0.25) is 0 Å². The SMILES string of the molecule is COc1ccc(-n2nc(NCCOSI)c3csc(N)c3c2=O)cc1. The van der Waals surface area contributed by atoms with E-state index < -0.39 is 0 Å². The minimum Gasteiger partial charge on any atom is -0.497 e. The van der Waals surface area contributed by atoms with Gasteiger partial charge < -0.3 is 20.0 Å². The van der Waals surface area contributed by atoms with Crippen molar-refractivity contribution in [3.63, 3.8) is 0 Å². The average molecular weight is 490 g/mol. The van der Waals surface area contributed by atoms with E-state index in [1.165, 1.54) is 25.2 Å².